The van der Waals surface area contributed by atoms with Gasteiger partial charge >= 0.3 is 5.97 Å². The lowest BCUT2D eigenvalue weighted by molar-refractivity contribution is -0.126. The first-order valence-electron chi connectivity index (χ1n) is 6.47. The van der Waals surface area contributed by atoms with E-state index < -0.39 is 0 Å². The summed E-state index contributed by atoms with van der Waals surface area (Å²) >= 11 is 0. The second-order valence-corrected chi connectivity index (χ2v) is 4.49. The second-order valence-electron chi connectivity index (χ2n) is 4.49. The predicted octanol–water partition coefficient (Wildman–Crippen LogP) is 0.0778. The molecular weight excluding hydrogens is 260 g/mol. The molecule has 1 aromatic rings. The van der Waals surface area contributed by atoms with Gasteiger partial charge in [-0.15, -0.1) is 0 Å². The Labute approximate surface area is 117 Å². The van der Waals surface area contributed by atoms with E-state index in [1.807, 2.05) is 0 Å². The van der Waals surface area contributed by atoms with E-state index in [4.69, 9.17) is 4.74 Å². The number of methoxy groups -OCH3 is 1. The maximum Gasteiger partial charge on any atom is 0.337 e. The van der Waals surface area contributed by atoms with Crippen molar-refractivity contribution < 1.29 is 19.1 Å². The summed E-state index contributed by atoms with van der Waals surface area (Å²) in [5.74, 6) is -0.453. The van der Waals surface area contributed by atoms with Gasteiger partial charge in [-0.2, -0.15) is 0 Å². The number of ether oxygens (including phenoxy) is 2. The van der Waals surface area contributed by atoms with E-state index in [0.717, 1.165) is 5.56 Å². The molecule has 1 aromatic carbocycles. The average molecular weight is 278 g/mol. The van der Waals surface area contributed by atoms with Crippen molar-refractivity contribution >= 4 is 11.9 Å². The minimum absolute atomic E-state index is 0.0817. The Morgan fingerprint density at radius 1 is 1.40 bits per heavy atom. The number of hydrogen-bond donors (Lipinski definition) is 2. The van der Waals surface area contributed by atoms with Gasteiger partial charge in [0.25, 0.3) is 0 Å². The molecule has 1 aliphatic heterocycles. The van der Waals surface area contributed by atoms with Gasteiger partial charge in [0.2, 0.25) is 5.91 Å². The van der Waals surface area contributed by atoms with Crippen LogP contribution < -0.4 is 10.6 Å². The summed E-state index contributed by atoms with van der Waals surface area (Å²) in [7, 11) is 1.34. The molecule has 1 aliphatic rings. The molecule has 0 saturated carbocycles. The van der Waals surface area contributed by atoms with Crippen LogP contribution in [0.1, 0.15) is 15.9 Å². The van der Waals surface area contributed by atoms with Gasteiger partial charge in [0, 0.05) is 13.1 Å². The third-order valence-electron chi connectivity index (χ3n) is 3.08. The molecule has 0 aromatic heterocycles. The number of nitrogens with one attached hydrogen (secondary N) is 2. The van der Waals surface area contributed by atoms with Crippen molar-refractivity contribution in [3.05, 3.63) is 35.4 Å². The third-order valence-corrected chi connectivity index (χ3v) is 3.08. The quantitative estimate of drug-likeness (QED) is 0.763. The Balaban J connectivity index is 1.84. The molecule has 1 atom stereocenters. The Hall–Kier alpha value is -1.92. The van der Waals surface area contributed by atoms with Crippen LogP contribution in [0, 0.1) is 0 Å². The fourth-order valence-corrected chi connectivity index (χ4v) is 1.92. The Morgan fingerprint density at radius 2 is 2.15 bits per heavy atom. The van der Waals surface area contributed by atoms with Crippen LogP contribution in [0.3, 0.4) is 0 Å². The van der Waals surface area contributed by atoms with Gasteiger partial charge in [0.05, 0.1) is 25.9 Å². The molecule has 6 heteroatoms. The van der Waals surface area contributed by atoms with E-state index >= 15 is 0 Å². The number of benzene rings is 1. The lowest BCUT2D eigenvalue weighted by Crippen LogP contribution is -2.51. The van der Waals surface area contributed by atoms with Crippen molar-refractivity contribution in [3.8, 4) is 0 Å². The molecule has 0 radical (unpaired) electrons. The van der Waals surface area contributed by atoms with Crippen molar-refractivity contribution in [2.24, 2.45) is 0 Å². The van der Waals surface area contributed by atoms with Crippen LogP contribution in [0.15, 0.2) is 24.3 Å². The van der Waals surface area contributed by atoms with E-state index in [-0.39, 0.29) is 17.9 Å². The molecule has 20 heavy (non-hydrogen) atoms. The lowest BCUT2D eigenvalue weighted by atomic mass is 10.1. The molecule has 1 saturated heterocycles. The minimum atomic E-state index is -0.371. The standard InChI is InChI=1S/C14H18N2O4/c1-19-14(18)11-4-2-10(3-5-11)8-16-13(17)12-9-20-7-6-15-12/h2-5,12,15H,6-9H2,1H3,(H,16,17)/t12-/m1/s1. The number of amides is 1. The Bertz CT molecular complexity index is 467. The highest BCUT2D eigenvalue weighted by Gasteiger charge is 2.20. The van der Waals surface area contributed by atoms with Crippen LogP contribution in [0.25, 0.3) is 0 Å². The van der Waals surface area contributed by atoms with Crippen molar-refractivity contribution in [3.63, 3.8) is 0 Å². The number of carbonyl (C=O) groups is 2. The molecule has 1 amide bonds. The summed E-state index contributed by atoms with van der Waals surface area (Å²) in [5.41, 5.74) is 1.41. The fraction of sp³-hybridized carbons (Fsp3) is 0.429. The van der Waals surface area contributed by atoms with Crippen LogP contribution in [-0.4, -0.2) is 44.8 Å². The monoisotopic (exact) mass is 278 g/mol. The molecule has 6 nitrogen and oxygen atoms in total. The van der Waals surface area contributed by atoms with Crippen LogP contribution in [0.4, 0.5) is 0 Å². The molecule has 0 bridgehead atoms. The summed E-state index contributed by atoms with van der Waals surface area (Å²) in [6.07, 6.45) is 0. The largest absolute Gasteiger partial charge is 0.465 e. The molecule has 2 N–H and O–H groups in total. The fourth-order valence-electron chi connectivity index (χ4n) is 1.92. The topological polar surface area (TPSA) is 76.7 Å². The maximum absolute atomic E-state index is 11.9. The van der Waals surface area contributed by atoms with E-state index in [2.05, 4.69) is 15.4 Å². The molecule has 108 valence electrons. The number of hydrogen-bond acceptors (Lipinski definition) is 5. The van der Waals surface area contributed by atoms with Gasteiger partial charge in [-0.25, -0.2) is 4.79 Å². The Kier molecular flexibility index (Phi) is 5.09. The third kappa shape index (κ3) is 3.79. The molecule has 1 heterocycles. The van der Waals surface area contributed by atoms with Crippen molar-refractivity contribution in [2.45, 2.75) is 12.6 Å². The highest BCUT2D eigenvalue weighted by molar-refractivity contribution is 5.89. The Morgan fingerprint density at radius 3 is 2.75 bits per heavy atom. The first-order valence-corrected chi connectivity index (χ1v) is 6.47. The smallest absolute Gasteiger partial charge is 0.337 e. The lowest BCUT2D eigenvalue weighted by Gasteiger charge is -2.22. The molecule has 2 rings (SSSR count). The molecule has 0 unspecified atom stereocenters. The first kappa shape index (κ1) is 14.5. The SMILES string of the molecule is COC(=O)c1ccc(CNC(=O)[C@H]2COCCN2)cc1. The van der Waals surface area contributed by atoms with E-state index in [1.54, 1.807) is 24.3 Å². The van der Waals surface area contributed by atoms with Crippen LogP contribution in [0.5, 0.6) is 0 Å². The number of esters is 1. The van der Waals surface area contributed by atoms with E-state index in [9.17, 15) is 9.59 Å². The van der Waals surface area contributed by atoms with Crippen LogP contribution in [0.2, 0.25) is 0 Å². The zero-order valence-corrected chi connectivity index (χ0v) is 11.3. The van der Waals surface area contributed by atoms with Gasteiger partial charge in [-0.3, -0.25) is 4.79 Å². The summed E-state index contributed by atoms with van der Waals surface area (Å²) in [6.45, 7) is 2.14. The van der Waals surface area contributed by atoms with Crippen molar-refractivity contribution in [2.75, 3.05) is 26.9 Å². The maximum atomic E-state index is 11.9. The average Bonchev–Trinajstić information content (AvgIpc) is 2.53. The van der Waals surface area contributed by atoms with Gasteiger partial charge in [0.15, 0.2) is 0 Å². The highest BCUT2D eigenvalue weighted by Crippen LogP contribution is 2.05. The van der Waals surface area contributed by atoms with E-state index in [1.165, 1.54) is 7.11 Å². The zero-order chi connectivity index (χ0) is 14.4. The highest BCUT2D eigenvalue weighted by atomic mass is 16.5. The minimum Gasteiger partial charge on any atom is -0.465 e. The van der Waals surface area contributed by atoms with Gasteiger partial charge in [-0.1, -0.05) is 12.1 Å². The van der Waals surface area contributed by atoms with Crippen molar-refractivity contribution in [1.82, 2.24) is 10.6 Å². The number of carbonyl (C=O) groups excluding carboxylic acids is 2. The summed E-state index contributed by atoms with van der Waals surface area (Å²) in [6, 6.07) is 6.64. The molecular formula is C14H18N2O4. The van der Waals surface area contributed by atoms with Gasteiger partial charge < -0.3 is 20.1 Å². The van der Waals surface area contributed by atoms with E-state index in [0.29, 0.717) is 31.9 Å². The molecule has 0 spiro atoms. The second kappa shape index (κ2) is 7.02. The normalized spacial score (nSPS) is 18.4. The zero-order valence-electron chi connectivity index (χ0n) is 11.3. The number of rotatable bonds is 4. The summed E-state index contributed by atoms with van der Waals surface area (Å²) in [4.78, 5) is 23.1. The number of morpholine rings is 1. The molecule has 1 fully saturated rings. The molecule has 0 aliphatic carbocycles. The van der Waals surface area contributed by atoms with Crippen LogP contribution in [-0.2, 0) is 20.8 Å². The predicted molar refractivity (Wildman–Crippen MR) is 72.2 cm³/mol. The van der Waals surface area contributed by atoms with Gasteiger partial charge in [0.1, 0.15) is 6.04 Å². The van der Waals surface area contributed by atoms with Crippen LogP contribution >= 0.6 is 0 Å². The van der Waals surface area contributed by atoms with Crippen molar-refractivity contribution in [1.29, 1.82) is 0 Å². The summed E-state index contributed by atoms with van der Waals surface area (Å²) in [5, 5.41) is 5.92. The van der Waals surface area contributed by atoms with Gasteiger partial charge in [-0.05, 0) is 17.7 Å². The summed E-state index contributed by atoms with van der Waals surface area (Å²) < 4.78 is 9.86. The first-order chi connectivity index (χ1) is 9.70.